The average Bonchev–Trinajstić information content (AvgIpc) is 2.29. The van der Waals surface area contributed by atoms with E-state index in [0.717, 1.165) is 10.9 Å². The molecule has 0 saturated heterocycles. The summed E-state index contributed by atoms with van der Waals surface area (Å²) in [5.74, 6) is 0.715. The molecule has 1 rings (SSSR count). The highest BCUT2D eigenvalue weighted by Crippen LogP contribution is 2.16. The third-order valence-electron chi connectivity index (χ3n) is 2.37. The van der Waals surface area contributed by atoms with Crippen LogP contribution < -0.4 is 5.32 Å². The fourth-order valence-electron chi connectivity index (χ4n) is 1.46. The van der Waals surface area contributed by atoms with E-state index in [9.17, 15) is 8.42 Å². The van der Waals surface area contributed by atoms with E-state index in [0.29, 0.717) is 25.5 Å². The highest BCUT2D eigenvalue weighted by atomic mass is 79.9. The lowest BCUT2D eigenvalue weighted by Gasteiger charge is -2.17. The van der Waals surface area contributed by atoms with Gasteiger partial charge in [-0.3, -0.25) is 0 Å². The highest BCUT2D eigenvalue weighted by molar-refractivity contribution is 9.10. The second-order valence-corrected chi connectivity index (χ2v) is 6.59. The van der Waals surface area contributed by atoms with Crippen LogP contribution in [-0.2, 0) is 10.0 Å². The number of aromatic nitrogens is 2. The molecule has 18 heavy (non-hydrogen) atoms. The van der Waals surface area contributed by atoms with Gasteiger partial charge in [0.1, 0.15) is 12.1 Å². The van der Waals surface area contributed by atoms with Crippen LogP contribution in [0.25, 0.3) is 0 Å². The van der Waals surface area contributed by atoms with Gasteiger partial charge in [-0.25, -0.2) is 22.7 Å². The Balaban J connectivity index is 2.37. The molecule has 0 aromatic carbocycles. The average molecular weight is 337 g/mol. The molecular formula is C10H17BrN4O2S. The molecule has 8 heteroatoms. The van der Waals surface area contributed by atoms with Crippen LogP contribution in [-0.4, -0.2) is 48.6 Å². The van der Waals surface area contributed by atoms with Crippen molar-refractivity contribution in [3.05, 3.63) is 17.0 Å². The monoisotopic (exact) mass is 336 g/mol. The first-order valence-corrected chi connectivity index (χ1v) is 8.23. The van der Waals surface area contributed by atoms with E-state index >= 15 is 0 Å². The van der Waals surface area contributed by atoms with E-state index in [1.165, 1.54) is 16.9 Å². The SMILES string of the molecule is CCN(CCCNc1ncncc1Br)S(C)(=O)=O. The predicted octanol–water partition coefficient (Wildman–Crippen LogP) is 1.32. The van der Waals surface area contributed by atoms with Gasteiger partial charge in [-0.2, -0.15) is 0 Å². The van der Waals surface area contributed by atoms with Gasteiger partial charge in [0.25, 0.3) is 0 Å². The van der Waals surface area contributed by atoms with Gasteiger partial charge in [-0.05, 0) is 22.4 Å². The molecule has 0 unspecified atom stereocenters. The maximum atomic E-state index is 11.4. The first kappa shape index (κ1) is 15.3. The lowest BCUT2D eigenvalue weighted by molar-refractivity contribution is 0.428. The molecule has 0 aliphatic heterocycles. The Kier molecular flexibility index (Phi) is 5.97. The molecule has 1 aromatic heterocycles. The molecule has 102 valence electrons. The summed E-state index contributed by atoms with van der Waals surface area (Å²) in [6.45, 7) is 3.48. The van der Waals surface area contributed by atoms with E-state index in [4.69, 9.17) is 0 Å². The first-order valence-electron chi connectivity index (χ1n) is 5.59. The number of hydrogen-bond acceptors (Lipinski definition) is 5. The second-order valence-electron chi connectivity index (χ2n) is 3.75. The Morgan fingerprint density at radius 2 is 2.22 bits per heavy atom. The van der Waals surface area contributed by atoms with E-state index < -0.39 is 10.0 Å². The minimum atomic E-state index is -3.10. The van der Waals surface area contributed by atoms with Crippen molar-refractivity contribution in [2.24, 2.45) is 0 Å². The summed E-state index contributed by atoms with van der Waals surface area (Å²) in [4.78, 5) is 7.92. The van der Waals surface area contributed by atoms with Crippen LogP contribution in [0.4, 0.5) is 5.82 Å². The van der Waals surface area contributed by atoms with Crippen LogP contribution in [0, 0.1) is 0 Å². The Hall–Kier alpha value is -0.730. The number of rotatable bonds is 7. The number of anilines is 1. The predicted molar refractivity (Wildman–Crippen MR) is 74.9 cm³/mol. The molecule has 0 saturated carbocycles. The molecule has 0 amide bonds. The normalized spacial score (nSPS) is 11.8. The van der Waals surface area contributed by atoms with E-state index in [-0.39, 0.29) is 0 Å². The van der Waals surface area contributed by atoms with E-state index in [2.05, 4.69) is 31.2 Å². The standard InChI is InChI=1S/C10H17BrN4O2S/c1-3-15(18(2,16)17)6-4-5-13-10-9(11)7-12-8-14-10/h7-8H,3-6H2,1-2H3,(H,12,13,14). The van der Waals surface area contributed by atoms with Gasteiger partial charge < -0.3 is 5.32 Å². The fraction of sp³-hybridized carbons (Fsp3) is 0.600. The van der Waals surface area contributed by atoms with Crippen molar-refractivity contribution in [1.82, 2.24) is 14.3 Å². The van der Waals surface area contributed by atoms with Crippen LogP contribution in [0.15, 0.2) is 17.0 Å². The topological polar surface area (TPSA) is 75.2 Å². The zero-order chi connectivity index (χ0) is 13.6. The number of sulfonamides is 1. The lowest BCUT2D eigenvalue weighted by Crippen LogP contribution is -2.31. The zero-order valence-electron chi connectivity index (χ0n) is 10.4. The van der Waals surface area contributed by atoms with Gasteiger partial charge in [0.15, 0.2) is 0 Å². The molecule has 0 aliphatic rings. The largest absolute Gasteiger partial charge is 0.369 e. The number of hydrogen-bond donors (Lipinski definition) is 1. The number of nitrogens with zero attached hydrogens (tertiary/aromatic N) is 3. The molecule has 6 nitrogen and oxygen atoms in total. The molecular weight excluding hydrogens is 320 g/mol. The fourth-order valence-corrected chi connectivity index (χ4v) is 2.75. The van der Waals surface area contributed by atoms with Crippen molar-refractivity contribution in [2.45, 2.75) is 13.3 Å². The van der Waals surface area contributed by atoms with E-state index in [1.54, 1.807) is 6.20 Å². The summed E-state index contributed by atoms with van der Waals surface area (Å²) in [5.41, 5.74) is 0. The smallest absolute Gasteiger partial charge is 0.211 e. The van der Waals surface area contributed by atoms with Crippen LogP contribution in [0.5, 0.6) is 0 Å². The Morgan fingerprint density at radius 3 is 2.78 bits per heavy atom. The summed E-state index contributed by atoms with van der Waals surface area (Å²) >= 11 is 3.33. The van der Waals surface area contributed by atoms with Gasteiger partial charge in [0.2, 0.25) is 10.0 Å². The molecule has 0 atom stereocenters. The number of halogens is 1. The molecule has 0 fully saturated rings. The first-order chi connectivity index (χ1) is 8.45. The molecule has 1 N–H and O–H groups in total. The zero-order valence-corrected chi connectivity index (χ0v) is 12.8. The van der Waals surface area contributed by atoms with Gasteiger partial charge in [-0.1, -0.05) is 6.92 Å². The van der Waals surface area contributed by atoms with Crippen LogP contribution in [0.3, 0.4) is 0 Å². The van der Waals surface area contributed by atoms with E-state index in [1.807, 2.05) is 6.92 Å². The van der Waals surface area contributed by atoms with Crippen LogP contribution in [0.1, 0.15) is 13.3 Å². The quantitative estimate of drug-likeness (QED) is 0.760. The Bertz CT molecular complexity index is 481. The molecule has 0 bridgehead atoms. The van der Waals surface area contributed by atoms with Crippen molar-refractivity contribution >= 4 is 31.8 Å². The third kappa shape index (κ3) is 4.87. The molecule has 0 spiro atoms. The van der Waals surface area contributed by atoms with Crippen LogP contribution in [0.2, 0.25) is 0 Å². The summed E-state index contributed by atoms with van der Waals surface area (Å²) in [7, 11) is -3.10. The summed E-state index contributed by atoms with van der Waals surface area (Å²) in [6, 6.07) is 0. The molecule has 0 radical (unpaired) electrons. The minimum Gasteiger partial charge on any atom is -0.369 e. The maximum Gasteiger partial charge on any atom is 0.211 e. The van der Waals surface area contributed by atoms with Gasteiger partial charge in [-0.15, -0.1) is 0 Å². The molecule has 1 aromatic rings. The van der Waals surface area contributed by atoms with Crippen molar-refractivity contribution < 1.29 is 8.42 Å². The summed E-state index contributed by atoms with van der Waals surface area (Å²) in [5, 5.41) is 3.12. The maximum absolute atomic E-state index is 11.4. The molecule has 1 heterocycles. The second kappa shape index (κ2) is 7.01. The summed E-state index contributed by atoms with van der Waals surface area (Å²) < 4.78 is 25.0. The van der Waals surface area contributed by atoms with Gasteiger partial charge in [0.05, 0.1) is 10.7 Å². The van der Waals surface area contributed by atoms with Crippen molar-refractivity contribution in [3.63, 3.8) is 0 Å². The lowest BCUT2D eigenvalue weighted by atomic mass is 10.4. The van der Waals surface area contributed by atoms with Crippen molar-refractivity contribution in [1.29, 1.82) is 0 Å². The Labute approximate surface area is 116 Å². The third-order valence-corrected chi connectivity index (χ3v) is 4.33. The number of nitrogens with one attached hydrogen (secondary N) is 1. The molecule has 0 aliphatic carbocycles. The minimum absolute atomic E-state index is 0.496. The summed E-state index contributed by atoms with van der Waals surface area (Å²) in [6.07, 6.45) is 5.06. The van der Waals surface area contributed by atoms with Crippen molar-refractivity contribution in [2.75, 3.05) is 31.2 Å². The van der Waals surface area contributed by atoms with Crippen molar-refractivity contribution in [3.8, 4) is 0 Å². The van der Waals surface area contributed by atoms with Gasteiger partial charge >= 0.3 is 0 Å². The highest BCUT2D eigenvalue weighted by Gasteiger charge is 2.13. The Morgan fingerprint density at radius 1 is 1.50 bits per heavy atom. The van der Waals surface area contributed by atoms with Crippen LogP contribution >= 0.6 is 15.9 Å². The van der Waals surface area contributed by atoms with Gasteiger partial charge in [0, 0.05) is 25.8 Å².